The van der Waals surface area contributed by atoms with Crippen molar-refractivity contribution < 1.29 is 45.9 Å². The Labute approximate surface area is 311 Å². The van der Waals surface area contributed by atoms with Gasteiger partial charge < -0.3 is 14.4 Å². The van der Waals surface area contributed by atoms with E-state index in [0.717, 1.165) is 16.7 Å². The number of nitrogens with zero attached hydrogens (tertiary/aromatic N) is 3. The molecule has 290 valence electrons. The molecule has 0 saturated carbocycles. The third-order valence-corrected chi connectivity index (χ3v) is 10.6. The molecule has 3 aromatic heterocycles. The summed E-state index contributed by atoms with van der Waals surface area (Å²) in [6.07, 6.45) is -1.66. The minimum atomic E-state index is -4.62. The number of aromatic nitrogens is 3. The molecule has 1 N–H and O–H groups in total. The Morgan fingerprint density at radius 2 is 1.62 bits per heavy atom. The van der Waals surface area contributed by atoms with Crippen LogP contribution >= 0.6 is 19.2 Å². The predicted octanol–water partition coefficient (Wildman–Crippen LogP) is 9.40. The molecule has 11 nitrogen and oxygen atoms in total. The summed E-state index contributed by atoms with van der Waals surface area (Å²) in [6.45, 7) is 17.0. The first kappa shape index (κ1) is 42.3. The fourth-order valence-electron chi connectivity index (χ4n) is 5.42. The van der Waals surface area contributed by atoms with E-state index in [-0.39, 0.29) is 42.2 Å². The number of fused-ring (bicyclic) bond motifs is 1. The third-order valence-electron chi connectivity index (χ3n) is 7.68. The molecule has 0 radical (unpaired) electrons. The van der Waals surface area contributed by atoms with Crippen molar-refractivity contribution in [1.82, 2.24) is 14.5 Å². The zero-order valence-corrected chi connectivity index (χ0v) is 33.3. The van der Waals surface area contributed by atoms with Gasteiger partial charge >= 0.3 is 20.0 Å². The molecule has 0 fully saturated rings. The van der Waals surface area contributed by atoms with Gasteiger partial charge in [-0.1, -0.05) is 26.8 Å². The van der Waals surface area contributed by atoms with Crippen molar-refractivity contribution in [1.29, 1.82) is 0 Å². The molecular weight excluding hydrogens is 734 g/mol. The van der Waals surface area contributed by atoms with Gasteiger partial charge in [0.2, 0.25) is 5.43 Å². The van der Waals surface area contributed by atoms with E-state index >= 15 is 0 Å². The SMILES string of the molecule is Cc1cc(-c2nc(C(F)(F)F)cs2)c(-c2ccc3c(c2)c(=O)c(C(=O)OCCCOP(=O)(OC(C)(C)C)OC(C)(C)C)cn3[C@H](CO)C(C)(C)C)cn1. The van der Waals surface area contributed by atoms with Crippen molar-refractivity contribution >= 4 is 36.0 Å². The minimum Gasteiger partial charge on any atom is -0.462 e. The van der Waals surface area contributed by atoms with Crippen LogP contribution in [0.2, 0.25) is 0 Å². The van der Waals surface area contributed by atoms with Gasteiger partial charge in [-0.15, -0.1) is 11.3 Å². The fourth-order valence-corrected chi connectivity index (χ4v) is 8.11. The number of thiazole rings is 1. The molecular formula is C37H47F3N3O8PS. The first-order valence-electron chi connectivity index (χ1n) is 16.9. The second-order valence-corrected chi connectivity index (χ2v) is 18.0. The molecule has 3 heterocycles. The van der Waals surface area contributed by atoms with Gasteiger partial charge in [0.25, 0.3) is 0 Å². The van der Waals surface area contributed by atoms with Crippen LogP contribution in [0.5, 0.6) is 0 Å². The third kappa shape index (κ3) is 10.8. The van der Waals surface area contributed by atoms with Crippen LogP contribution in [0, 0.1) is 12.3 Å². The Hall–Kier alpha value is -3.46. The maximum absolute atomic E-state index is 14.1. The Kier molecular flexibility index (Phi) is 12.5. The highest BCUT2D eigenvalue weighted by molar-refractivity contribution is 7.48. The number of carbonyl (C=O) groups excluding carboxylic acids is 1. The Balaban J connectivity index is 1.71. The average Bonchev–Trinajstić information content (AvgIpc) is 3.51. The summed E-state index contributed by atoms with van der Waals surface area (Å²) in [4.78, 5) is 35.8. The molecule has 53 heavy (non-hydrogen) atoms. The summed E-state index contributed by atoms with van der Waals surface area (Å²) in [5, 5.41) is 11.7. The summed E-state index contributed by atoms with van der Waals surface area (Å²) >= 11 is 0.837. The number of aryl methyl sites for hydroxylation is 1. The number of phosphoric acid groups is 1. The normalized spacial score (nSPS) is 13.8. The molecule has 0 saturated heterocycles. The van der Waals surface area contributed by atoms with Crippen molar-refractivity contribution in [3.63, 3.8) is 0 Å². The predicted molar refractivity (Wildman–Crippen MR) is 198 cm³/mol. The topological polar surface area (TPSA) is 139 Å². The largest absolute Gasteiger partial charge is 0.475 e. The highest BCUT2D eigenvalue weighted by Crippen LogP contribution is 2.55. The van der Waals surface area contributed by atoms with Crippen LogP contribution in [-0.2, 0) is 29.0 Å². The molecule has 0 spiro atoms. The smallest absolute Gasteiger partial charge is 0.462 e. The summed E-state index contributed by atoms with van der Waals surface area (Å²) in [5.41, 5.74) is -1.93. The van der Waals surface area contributed by atoms with Gasteiger partial charge in [0.05, 0.1) is 42.6 Å². The lowest BCUT2D eigenvalue weighted by atomic mass is 9.86. The number of hydrogen-bond donors (Lipinski definition) is 1. The maximum Gasteiger partial charge on any atom is 0.475 e. The summed E-state index contributed by atoms with van der Waals surface area (Å²) in [6, 6.07) is 5.96. The Morgan fingerprint density at radius 3 is 2.17 bits per heavy atom. The molecule has 0 unspecified atom stereocenters. The van der Waals surface area contributed by atoms with Crippen LogP contribution < -0.4 is 5.43 Å². The molecule has 1 atom stereocenters. The van der Waals surface area contributed by atoms with Gasteiger partial charge in [-0.3, -0.25) is 23.3 Å². The second kappa shape index (κ2) is 15.7. The lowest BCUT2D eigenvalue weighted by Crippen LogP contribution is -2.31. The summed E-state index contributed by atoms with van der Waals surface area (Å²) in [5.74, 6) is -0.929. The quantitative estimate of drug-likeness (QED) is 0.0840. The second-order valence-electron chi connectivity index (χ2n) is 15.7. The Morgan fingerprint density at radius 1 is 0.981 bits per heavy atom. The molecule has 0 bridgehead atoms. The molecule has 0 aliphatic heterocycles. The van der Waals surface area contributed by atoms with Crippen LogP contribution in [0.25, 0.3) is 32.6 Å². The van der Waals surface area contributed by atoms with Gasteiger partial charge in [-0.2, -0.15) is 13.2 Å². The molecule has 1 aromatic carbocycles. The van der Waals surface area contributed by atoms with E-state index in [2.05, 4.69) is 9.97 Å². The number of alkyl halides is 3. The number of hydrogen-bond acceptors (Lipinski definition) is 11. The molecule has 0 aliphatic carbocycles. The van der Waals surface area contributed by atoms with Gasteiger partial charge in [-0.25, -0.2) is 14.3 Å². The molecule has 16 heteroatoms. The summed E-state index contributed by atoms with van der Waals surface area (Å²) < 4.78 is 77.6. The number of carbonyl (C=O) groups is 1. The fraction of sp³-hybridized carbons (Fsp3) is 0.514. The van der Waals surface area contributed by atoms with Crippen molar-refractivity contribution in [2.24, 2.45) is 5.41 Å². The van der Waals surface area contributed by atoms with Crippen LogP contribution in [0.3, 0.4) is 0 Å². The minimum absolute atomic E-state index is 0.0971. The van der Waals surface area contributed by atoms with E-state index < -0.39 is 53.7 Å². The number of pyridine rings is 2. The number of phosphoric ester groups is 1. The van der Waals surface area contributed by atoms with E-state index in [9.17, 15) is 32.4 Å². The Bertz CT molecular complexity index is 2040. The number of benzene rings is 1. The van der Waals surface area contributed by atoms with Crippen LogP contribution in [-0.4, -0.2) is 56.6 Å². The first-order chi connectivity index (χ1) is 24.3. The van der Waals surface area contributed by atoms with Gasteiger partial charge in [0.15, 0.2) is 5.69 Å². The van der Waals surface area contributed by atoms with Gasteiger partial charge in [0, 0.05) is 46.4 Å². The van der Waals surface area contributed by atoms with E-state index in [0.29, 0.717) is 27.9 Å². The standard InChI is InChI=1S/C37H47F3N3O8PS/c1-22-16-24(32-42-29(21-53-32)37(38,39)40)26(18-41-22)23-12-13-28-25(17-23)31(45)27(19-43(28)30(20-44)34(2,3)4)33(46)48-14-11-15-49-52(47,50-35(5,6)7)51-36(8,9)10/h12-13,16-19,21,30,44H,11,14-15,20H2,1-10H3/t30-/m1/s1. The van der Waals surface area contributed by atoms with E-state index in [1.165, 1.54) is 12.4 Å². The molecule has 4 rings (SSSR count). The van der Waals surface area contributed by atoms with Crippen molar-refractivity contribution in [2.45, 2.75) is 99.1 Å². The van der Waals surface area contributed by atoms with Crippen LogP contribution in [0.4, 0.5) is 13.2 Å². The zero-order valence-electron chi connectivity index (χ0n) is 31.6. The summed E-state index contributed by atoms with van der Waals surface area (Å²) in [7, 11) is -3.99. The number of rotatable bonds is 12. The highest BCUT2D eigenvalue weighted by atomic mass is 32.1. The van der Waals surface area contributed by atoms with Crippen molar-refractivity contribution in [3.8, 4) is 21.7 Å². The van der Waals surface area contributed by atoms with E-state index in [4.69, 9.17) is 18.3 Å². The monoisotopic (exact) mass is 781 g/mol. The number of halogens is 3. The highest BCUT2D eigenvalue weighted by Gasteiger charge is 2.37. The van der Waals surface area contributed by atoms with Gasteiger partial charge in [0.1, 0.15) is 10.6 Å². The lowest BCUT2D eigenvalue weighted by Gasteiger charge is -2.33. The molecule has 0 amide bonds. The number of ether oxygens (including phenoxy) is 1. The van der Waals surface area contributed by atoms with Crippen LogP contribution in [0.1, 0.15) is 96.5 Å². The lowest BCUT2D eigenvalue weighted by molar-refractivity contribution is -0.140. The molecule has 4 aromatic rings. The van der Waals surface area contributed by atoms with E-state index in [1.807, 2.05) is 20.8 Å². The van der Waals surface area contributed by atoms with Crippen molar-refractivity contribution in [3.05, 3.63) is 69.2 Å². The van der Waals surface area contributed by atoms with Crippen molar-refractivity contribution in [2.75, 3.05) is 19.8 Å². The number of aliphatic hydroxyl groups is 1. The molecule has 0 aliphatic rings. The first-order valence-corrected chi connectivity index (χ1v) is 19.3. The average molecular weight is 782 g/mol. The van der Waals surface area contributed by atoms with E-state index in [1.54, 1.807) is 77.3 Å². The van der Waals surface area contributed by atoms with Crippen LogP contribution in [0.15, 0.2) is 46.8 Å². The number of aliphatic hydroxyl groups excluding tert-OH is 1. The van der Waals surface area contributed by atoms with Gasteiger partial charge in [-0.05, 0) is 77.6 Å². The zero-order chi connectivity index (χ0) is 39.7. The maximum atomic E-state index is 14.1. The number of esters is 1.